The Morgan fingerprint density at radius 2 is 1.39 bits per heavy atom. The van der Waals surface area contributed by atoms with Gasteiger partial charge >= 0.3 is 18.3 Å². The number of anilines is 2. The third-order valence-electron chi connectivity index (χ3n) is 4.88. The Hall–Kier alpha value is -3.56. The van der Waals surface area contributed by atoms with Gasteiger partial charge in [-0.05, 0) is 92.9 Å². The Kier molecular flexibility index (Phi) is 6.87. The maximum atomic E-state index is 13.6. The van der Waals surface area contributed by atoms with E-state index in [1.165, 1.54) is 0 Å². The molecule has 10 heteroatoms. The van der Waals surface area contributed by atoms with Gasteiger partial charge in [0.25, 0.3) is 0 Å². The molecular formula is C26H36N4O6. The summed E-state index contributed by atoms with van der Waals surface area (Å²) in [5, 5.41) is 0. The van der Waals surface area contributed by atoms with Crippen molar-refractivity contribution in [1.82, 2.24) is 9.55 Å². The molecule has 2 amide bonds. The number of rotatable bonds is 1. The first-order valence-corrected chi connectivity index (χ1v) is 11.9. The molecule has 0 aliphatic heterocycles. The topological polar surface area (TPSA) is 126 Å². The monoisotopic (exact) mass is 500 g/mol. The number of hydrogen-bond donors (Lipinski definition) is 1. The predicted molar refractivity (Wildman–Crippen MR) is 136 cm³/mol. The van der Waals surface area contributed by atoms with Gasteiger partial charge in [-0.3, -0.25) is 0 Å². The lowest BCUT2D eigenvalue weighted by Crippen LogP contribution is -2.45. The van der Waals surface area contributed by atoms with Gasteiger partial charge < -0.3 is 19.9 Å². The van der Waals surface area contributed by atoms with Crippen molar-refractivity contribution < 1.29 is 28.6 Å². The molecule has 0 radical (unpaired) electrons. The molecular weight excluding hydrogens is 464 g/mol. The number of carbonyl (C=O) groups excluding carboxylic acids is 3. The summed E-state index contributed by atoms with van der Waals surface area (Å²) in [7, 11) is 0. The summed E-state index contributed by atoms with van der Waals surface area (Å²) in [6.07, 6.45) is -1.75. The standard InChI is InChI=1S/C26H36N4O6/c1-24(2,3)34-21(31)29-19-17-14-16(27)12-10-15(17)11-13-18(19)28-20(29)30(22(32)35-25(4,5)6)23(33)36-26(7,8)9/h10,12,14H,11,13,27H2,1-9H3. The number of ether oxygens (including phenoxy) is 3. The molecule has 0 saturated heterocycles. The predicted octanol–water partition coefficient (Wildman–Crippen LogP) is 5.69. The van der Waals surface area contributed by atoms with Gasteiger partial charge in [0.2, 0.25) is 5.95 Å². The summed E-state index contributed by atoms with van der Waals surface area (Å²) in [5.74, 6) is -0.270. The minimum absolute atomic E-state index is 0.270. The number of imidazole rings is 1. The minimum Gasteiger partial charge on any atom is -0.443 e. The van der Waals surface area contributed by atoms with Crippen LogP contribution in [0.15, 0.2) is 18.2 Å². The molecule has 1 aromatic carbocycles. The van der Waals surface area contributed by atoms with E-state index in [9.17, 15) is 14.4 Å². The van der Waals surface area contributed by atoms with Gasteiger partial charge in [0.05, 0.1) is 11.4 Å². The summed E-state index contributed by atoms with van der Waals surface area (Å²) in [5.41, 5.74) is 6.40. The summed E-state index contributed by atoms with van der Waals surface area (Å²) < 4.78 is 17.8. The van der Waals surface area contributed by atoms with Crippen LogP contribution in [0.3, 0.4) is 0 Å². The van der Waals surface area contributed by atoms with Crippen molar-refractivity contribution in [2.24, 2.45) is 0 Å². The molecule has 1 aliphatic rings. The van der Waals surface area contributed by atoms with Crippen molar-refractivity contribution in [3.63, 3.8) is 0 Å². The van der Waals surface area contributed by atoms with Crippen molar-refractivity contribution in [2.75, 3.05) is 10.6 Å². The molecule has 196 valence electrons. The van der Waals surface area contributed by atoms with Gasteiger partial charge in [0, 0.05) is 11.3 Å². The highest BCUT2D eigenvalue weighted by atomic mass is 16.6. The number of amides is 2. The number of imide groups is 1. The molecule has 0 spiro atoms. The Morgan fingerprint density at radius 1 is 0.861 bits per heavy atom. The summed E-state index contributed by atoms with van der Waals surface area (Å²) in [6.45, 7) is 15.2. The fourth-order valence-electron chi connectivity index (χ4n) is 3.67. The van der Waals surface area contributed by atoms with E-state index in [-0.39, 0.29) is 5.95 Å². The molecule has 10 nitrogen and oxygen atoms in total. The molecule has 0 fully saturated rings. The maximum Gasteiger partial charge on any atom is 0.427 e. The van der Waals surface area contributed by atoms with Crippen LogP contribution in [0, 0.1) is 0 Å². The van der Waals surface area contributed by atoms with Crippen LogP contribution in [0.2, 0.25) is 0 Å². The number of fused-ring (bicyclic) bond motifs is 3. The van der Waals surface area contributed by atoms with Crippen LogP contribution < -0.4 is 10.6 Å². The van der Waals surface area contributed by atoms with Crippen molar-refractivity contribution in [3.05, 3.63) is 29.5 Å². The largest absolute Gasteiger partial charge is 0.443 e. The van der Waals surface area contributed by atoms with Crippen LogP contribution in [-0.4, -0.2) is 44.6 Å². The number of aryl methyl sites for hydroxylation is 2. The zero-order valence-electron chi connectivity index (χ0n) is 22.5. The molecule has 0 unspecified atom stereocenters. The lowest BCUT2D eigenvalue weighted by atomic mass is 9.92. The number of carbonyl (C=O) groups is 3. The van der Waals surface area contributed by atoms with Crippen LogP contribution >= 0.6 is 0 Å². The number of nitrogens with zero attached hydrogens (tertiary/aromatic N) is 3. The molecule has 0 bridgehead atoms. The van der Waals surface area contributed by atoms with Crippen LogP contribution in [-0.2, 0) is 27.1 Å². The molecule has 3 rings (SSSR count). The second-order valence-electron chi connectivity index (χ2n) is 11.7. The number of aromatic nitrogens is 2. The molecule has 2 aromatic rings. The van der Waals surface area contributed by atoms with Gasteiger partial charge in [0.15, 0.2) is 0 Å². The number of hydrogen-bond acceptors (Lipinski definition) is 8. The Balaban J connectivity index is 2.29. The third-order valence-corrected chi connectivity index (χ3v) is 4.88. The Morgan fingerprint density at radius 3 is 1.89 bits per heavy atom. The van der Waals surface area contributed by atoms with Crippen LogP contribution in [0.5, 0.6) is 0 Å². The van der Waals surface area contributed by atoms with Crippen molar-refractivity contribution in [3.8, 4) is 11.3 Å². The maximum absolute atomic E-state index is 13.6. The fraction of sp³-hybridized carbons (Fsp3) is 0.538. The Bertz CT molecular complexity index is 1170. The van der Waals surface area contributed by atoms with Crippen LogP contribution in [0.25, 0.3) is 11.3 Å². The summed E-state index contributed by atoms with van der Waals surface area (Å²) in [4.78, 5) is 45.5. The second kappa shape index (κ2) is 9.15. The van der Waals surface area contributed by atoms with E-state index in [4.69, 9.17) is 19.9 Å². The van der Waals surface area contributed by atoms with Gasteiger partial charge in [0.1, 0.15) is 16.8 Å². The molecule has 1 aromatic heterocycles. The van der Waals surface area contributed by atoms with Crippen molar-refractivity contribution in [2.45, 2.75) is 92.0 Å². The highest BCUT2D eigenvalue weighted by Gasteiger charge is 2.40. The number of nitrogen functional groups attached to an aromatic ring is 1. The van der Waals surface area contributed by atoms with Crippen molar-refractivity contribution >= 4 is 29.9 Å². The van der Waals surface area contributed by atoms with Gasteiger partial charge in [-0.2, -0.15) is 0 Å². The lowest BCUT2D eigenvalue weighted by molar-refractivity contribution is 0.0423. The van der Waals surface area contributed by atoms with E-state index < -0.39 is 35.1 Å². The minimum atomic E-state index is -1.03. The normalized spacial score (nSPS) is 13.4. The van der Waals surface area contributed by atoms with Gasteiger partial charge in [-0.1, -0.05) is 6.07 Å². The van der Waals surface area contributed by atoms with E-state index in [1.54, 1.807) is 74.4 Å². The van der Waals surface area contributed by atoms with Crippen LogP contribution in [0.4, 0.5) is 26.0 Å². The average Bonchev–Trinajstić information content (AvgIpc) is 3.03. The van der Waals surface area contributed by atoms with Crippen LogP contribution in [0.1, 0.15) is 73.6 Å². The van der Waals surface area contributed by atoms with E-state index >= 15 is 0 Å². The first kappa shape index (κ1) is 27.0. The van der Waals surface area contributed by atoms with Crippen molar-refractivity contribution in [1.29, 1.82) is 0 Å². The second-order valence-corrected chi connectivity index (χ2v) is 11.7. The zero-order chi connectivity index (χ0) is 27.2. The lowest BCUT2D eigenvalue weighted by Gasteiger charge is -2.28. The summed E-state index contributed by atoms with van der Waals surface area (Å²) >= 11 is 0. The Labute approximate surface area is 211 Å². The van der Waals surface area contributed by atoms with Gasteiger partial charge in [-0.15, -0.1) is 4.90 Å². The highest BCUT2D eigenvalue weighted by Crippen LogP contribution is 2.38. The third kappa shape index (κ3) is 6.16. The van der Waals surface area contributed by atoms with E-state index in [1.807, 2.05) is 6.07 Å². The molecule has 0 saturated carbocycles. The average molecular weight is 501 g/mol. The fourth-order valence-corrected chi connectivity index (χ4v) is 3.67. The molecule has 1 aliphatic carbocycles. The zero-order valence-corrected chi connectivity index (χ0v) is 22.5. The molecule has 2 N–H and O–H groups in total. The SMILES string of the molecule is CC(C)(C)OC(=O)N(C(=O)OC(C)(C)C)c1nc2c(n1C(=O)OC(C)(C)C)-c1cc(N)ccc1CC2. The summed E-state index contributed by atoms with van der Waals surface area (Å²) in [6, 6.07) is 5.41. The first-order valence-electron chi connectivity index (χ1n) is 11.9. The van der Waals surface area contributed by atoms with Gasteiger partial charge in [-0.25, -0.2) is 23.9 Å². The molecule has 1 heterocycles. The van der Waals surface area contributed by atoms with E-state index in [0.29, 0.717) is 40.4 Å². The molecule has 0 atom stereocenters. The van der Waals surface area contributed by atoms with E-state index in [2.05, 4.69) is 4.98 Å². The highest BCUT2D eigenvalue weighted by molar-refractivity contribution is 6.09. The van der Waals surface area contributed by atoms with E-state index in [0.717, 1.165) is 10.1 Å². The number of benzene rings is 1. The quantitative estimate of drug-likeness (QED) is 0.391. The number of nitrogens with two attached hydrogens (primary N) is 1. The molecule has 36 heavy (non-hydrogen) atoms. The first-order chi connectivity index (χ1) is 16.4. The smallest absolute Gasteiger partial charge is 0.427 e.